The Morgan fingerprint density at radius 2 is 2.10 bits per heavy atom. The maximum atomic E-state index is 12.2. The normalized spacial score (nSPS) is 17.5. The number of hydrogen-bond acceptors (Lipinski definition) is 3. The Hall–Kier alpha value is -2.30. The van der Waals surface area contributed by atoms with E-state index in [4.69, 9.17) is 10.5 Å². The number of carbonyl (C=O) groups is 2. The van der Waals surface area contributed by atoms with E-state index in [9.17, 15) is 9.59 Å². The molecule has 20 heavy (non-hydrogen) atoms. The maximum absolute atomic E-state index is 12.2. The molecule has 2 amide bonds. The molecule has 0 radical (unpaired) electrons. The standard InChI is InChI=1S/C15H18N2O3/c16-14(18)10-20-13-9-5-4-8-12(13)15(19)17-11-6-2-1-3-7-11/h1-2,4-5,8-9,11H,3,6-7,10H2,(H2,16,18)(H,17,19). The van der Waals surface area contributed by atoms with Crippen molar-refractivity contribution >= 4 is 11.8 Å². The zero-order valence-corrected chi connectivity index (χ0v) is 11.2. The van der Waals surface area contributed by atoms with Crippen LogP contribution in [0.25, 0.3) is 0 Å². The third-order valence-corrected chi connectivity index (χ3v) is 3.11. The first kappa shape index (κ1) is 14.1. The largest absolute Gasteiger partial charge is 0.483 e. The van der Waals surface area contributed by atoms with Gasteiger partial charge in [0.05, 0.1) is 5.56 Å². The summed E-state index contributed by atoms with van der Waals surface area (Å²) < 4.78 is 5.26. The Morgan fingerprint density at radius 3 is 2.80 bits per heavy atom. The van der Waals surface area contributed by atoms with Gasteiger partial charge in [0.15, 0.2) is 6.61 Å². The molecule has 2 rings (SSSR count). The quantitative estimate of drug-likeness (QED) is 0.796. The molecule has 5 heteroatoms. The lowest BCUT2D eigenvalue weighted by Gasteiger charge is -2.20. The third kappa shape index (κ3) is 3.85. The van der Waals surface area contributed by atoms with E-state index in [-0.39, 0.29) is 18.6 Å². The Balaban J connectivity index is 2.04. The van der Waals surface area contributed by atoms with E-state index in [1.165, 1.54) is 0 Å². The summed E-state index contributed by atoms with van der Waals surface area (Å²) in [6.45, 7) is -0.240. The van der Waals surface area contributed by atoms with Crippen molar-refractivity contribution < 1.29 is 14.3 Å². The number of ether oxygens (including phenoxy) is 1. The summed E-state index contributed by atoms with van der Waals surface area (Å²) in [4.78, 5) is 23.0. The number of nitrogens with two attached hydrogens (primary N) is 1. The highest BCUT2D eigenvalue weighted by atomic mass is 16.5. The first-order valence-corrected chi connectivity index (χ1v) is 6.63. The van der Waals surface area contributed by atoms with Crippen LogP contribution in [-0.2, 0) is 4.79 Å². The molecule has 0 saturated heterocycles. The highest BCUT2D eigenvalue weighted by Crippen LogP contribution is 2.19. The van der Waals surface area contributed by atoms with Gasteiger partial charge < -0.3 is 15.8 Å². The van der Waals surface area contributed by atoms with Crippen LogP contribution in [0.1, 0.15) is 29.6 Å². The van der Waals surface area contributed by atoms with E-state index in [1.54, 1.807) is 24.3 Å². The highest BCUT2D eigenvalue weighted by molar-refractivity contribution is 5.97. The van der Waals surface area contributed by atoms with Crippen molar-refractivity contribution in [1.29, 1.82) is 0 Å². The van der Waals surface area contributed by atoms with Crippen molar-refractivity contribution in [3.63, 3.8) is 0 Å². The average Bonchev–Trinajstić information content (AvgIpc) is 2.46. The van der Waals surface area contributed by atoms with Crippen LogP contribution in [-0.4, -0.2) is 24.5 Å². The summed E-state index contributed by atoms with van der Waals surface area (Å²) in [5.41, 5.74) is 5.46. The van der Waals surface area contributed by atoms with Gasteiger partial charge in [-0.15, -0.1) is 0 Å². The molecule has 0 aliphatic heterocycles. The van der Waals surface area contributed by atoms with Gasteiger partial charge in [0.2, 0.25) is 0 Å². The fraction of sp³-hybridized carbons (Fsp3) is 0.333. The molecular weight excluding hydrogens is 256 g/mol. The van der Waals surface area contributed by atoms with Crippen LogP contribution in [0.5, 0.6) is 5.75 Å². The van der Waals surface area contributed by atoms with E-state index in [2.05, 4.69) is 17.5 Å². The second-order valence-corrected chi connectivity index (χ2v) is 4.71. The van der Waals surface area contributed by atoms with Gasteiger partial charge in [-0.25, -0.2) is 0 Å². The number of hydrogen-bond donors (Lipinski definition) is 2. The Bertz CT molecular complexity index is 526. The lowest BCUT2D eigenvalue weighted by atomic mass is 10.0. The molecule has 0 heterocycles. The van der Waals surface area contributed by atoms with Crippen molar-refractivity contribution in [3.05, 3.63) is 42.0 Å². The molecule has 106 valence electrons. The number of benzene rings is 1. The molecule has 5 nitrogen and oxygen atoms in total. The van der Waals surface area contributed by atoms with Gasteiger partial charge in [0.25, 0.3) is 11.8 Å². The number of rotatable bonds is 5. The molecule has 1 aliphatic rings. The van der Waals surface area contributed by atoms with Crippen molar-refractivity contribution in [3.8, 4) is 5.75 Å². The van der Waals surface area contributed by atoms with Crippen LogP contribution in [0.3, 0.4) is 0 Å². The molecule has 1 unspecified atom stereocenters. The number of nitrogens with one attached hydrogen (secondary N) is 1. The van der Waals surface area contributed by atoms with Crippen molar-refractivity contribution in [2.24, 2.45) is 5.73 Å². The molecule has 1 aliphatic carbocycles. The van der Waals surface area contributed by atoms with E-state index >= 15 is 0 Å². The number of allylic oxidation sites excluding steroid dienone is 1. The number of carbonyl (C=O) groups excluding carboxylic acids is 2. The lowest BCUT2D eigenvalue weighted by Crippen LogP contribution is -2.35. The topological polar surface area (TPSA) is 81.4 Å². The van der Waals surface area contributed by atoms with Gasteiger partial charge in [-0.2, -0.15) is 0 Å². The smallest absolute Gasteiger partial charge is 0.255 e. The van der Waals surface area contributed by atoms with Crippen LogP contribution in [0.4, 0.5) is 0 Å². The van der Waals surface area contributed by atoms with E-state index in [1.807, 2.05) is 0 Å². The molecule has 1 aromatic rings. The minimum Gasteiger partial charge on any atom is -0.483 e. The molecule has 3 N–H and O–H groups in total. The second kappa shape index (κ2) is 6.75. The summed E-state index contributed by atoms with van der Waals surface area (Å²) in [5.74, 6) is -0.391. The Morgan fingerprint density at radius 1 is 1.30 bits per heavy atom. The molecule has 1 aromatic carbocycles. The molecule has 0 fully saturated rings. The van der Waals surface area contributed by atoms with Crippen molar-refractivity contribution in [2.75, 3.05) is 6.61 Å². The van der Waals surface area contributed by atoms with Gasteiger partial charge in [-0.05, 0) is 31.4 Å². The summed E-state index contributed by atoms with van der Waals surface area (Å²) in [7, 11) is 0. The highest BCUT2D eigenvalue weighted by Gasteiger charge is 2.17. The minimum absolute atomic E-state index is 0.150. The second-order valence-electron chi connectivity index (χ2n) is 4.71. The van der Waals surface area contributed by atoms with E-state index < -0.39 is 5.91 Å². The van der Waals surface area contributed by atoms with Crippen molar-refractivity contribution in [1.82, 2.24) is 5.32 Å². The zero-order valence-electron chi connectivity index (χ0n) is 11.2. The number of amides is 2. The van der Waals surface area contributed by atoms with Crippen LogP contribution < -0.4 is 15.8 Å². The van der Waals surface area contributed by atoms with Gasteiger partial charge in [-0.1, -0.05) is 24.3 Å². The summed E-state index contributed by atoms with van der Waals surface area (Å²) >= 11 is 0. The van der Waals surface area contributed by atoms with E-state index in [0.717, 1.165) is 19.3 Å². The van der Waals surface area contributed by atoms with Gasteiger partial charge in [-0.3, -0.25) is 9.59 Å². The lowest BCUT2D eigenvalue weighted by molar-refractivity contribution is -0.119. The first-order valence-electron chi connectivity index (χ1n) is 6.63. The van der Waals surface area contributed by atoms with Gasteiger partial charge >= 0.3 is 0 Å². The minimum atomic E-state index is -0.572. The van der Waals surface area contributed by atoms with Crippen LogP contribution in [0, 0.1) is 0 Å². The SMILES string of the molecule is NC(=O)COc1ccccc1C(=O)NC1CC=CCC1. The predicted molar refractivity (Wildman–Crippen MR) is 75.4 cm³/mol. The van der Waals surface area contributed by atoms with Gasteiger partial charge in [0, 0.05) is 6.04 Å². The Kier molecular flexibility index (Phi) is 4.76. The number of para-hydroxylation sites is 1. The third-order valence-electron chi connectivity index (χ3n) is 3.11. The van der Waals surface area contributed by atoms with Crippen molar-refractivity contribution in [2.45, 2.75) is 25.3 Å². The average molecular weight is 274 g/mol. The fourth-order valence-corrected chi connectivity index (χ4v) is 2.12. The monoisotopic (exact) mass is 274 g/mol. The zero-order chi connectivity index (χ0) is 14.4. The number of primary amides is 1. The molecule has 0 saturated carbocycles. The maximum Gasteiger partial charge on any atom is 0.255 e. The van der Waals surface area contributed by atoms with E-state index in [0.29, 0.717) is 11.3 Å². The van der Waals surface area contributed by atoms with Crippen LogP contribution in [0.2, 0.25) is 0 Å². The molecular formula is C15H18N2O3. The molecule has 1 atom stereocenters. The van der Waals surface area contributed by atoms with Crippen LogP contribution in [0.15, 0.2) is 36.4 Å². The Labute approximate surface area is 117 Å². The summed E-state index contributed by atoms with van der Waals surface area (Å²) in [6, 6.07) is 6.98. The summed E-state index contributed by atoms with van der Waals surface area (Å²) in [5, 5.41) is 2.98. The van der Waals surface area contributed by atoms with Gasteiger partial charge in [0.1, 0.15) is 5.75 Å². The molecule has 0 spiro atoms. The molecule has 0 bridgehead atoms. The first-order chi connectivity index (χ1) is 9.66. The fourth-order valence-electron chi connectivity index (χ4n) is 2.12. The molecule has 0 aromatic heterocycles. The predicted octanol–water partition coefficient (Wildman–Crippen LogP) is 1.39. The summed E-state index contributed by atoms with van der Waals surface area (Å²) in [6.07, 6.45) is 6.95. The van der Waals surface area contributed by atoms with Crippen LogP contribution >= 0.6 is 0 Å².